The van der Waals surface area contributed by atoms with E-state index < -0.39 is 36.6 Å². The lowest BCUT2D eigenvalue weighted by molar-refractivity contribution is -0.118. The van der Waals surface area contributed by atoms with Crippen LogP contribution in [0.3, 0.4) is 0 Å². The molecule has 0 saturated heterocycles. The zero-order valence-corrected chi connectivity index (χ0v) is 12.6. The summed E-state index contributed by atoms with van der Waals surface area (Å²) in [6.07, 6.45) is -4.72. The molecule has 1 aliphatic carbocycles. The molecule has 7 N–H and O–H groups in total. The molecule has 1 saturated carbocycles. The molecule has 0 unspecified atom stereocenters. The van der Waals surface area contributed by atoms with Crippen molar-refractivity contribution in [1.82, 2.24) is 10.6 Å². The number of thiocarbonyl (C=S) groups is 1. The molecule has 1 aromatic rings. The van der Waals surface area contributed by atoms with Crippen molar-refractivity contribution in [2.24, 2.45) is 0 Å². The molecule has 0 spiro atoms. The molecule has 22 heavy (non-hydrogen) atoms. The molecule has 5 atom stereocenters. The van der Waals surface area contributed by atoms with Gasteiger partial charge in [-0.05, 0) is 17.8 Å². The lowest BCUT2D eigenvalue weighted by Crippen LogP contribution is -2.60. The van der Waals surface area contributed by atoms with Crippen molar-refractivity contribution in [1.29, 1.82) is 0 Å². The molecule has 1 aliphatic rings. The van der Waals surface area contributed by atoms with E-state index in [-0.39, 0.29) is 5.11 Å². The molecular formula is C14H20N2O5S. The van der Waals surface area contributed by atoms with Crippen LogP contribution >= 0.6 is 12.2 Å². The second kappa shape index (κ2) is 6.86. The van der Waals surface area contributed by atoms with E-state index >= 15 is 0 Å². The van der Waals surface area contributed by atoms with Crippen LogP contribution in [0.5, 0.6) is 0 Å². The van der Waals surface area contributed by atoms with E-state index in [9.17, 15) is 25.5 Å². The second-order valence-corrected chi connectivity index (χ2v) is 5.77. The average Bonchev–Trinajstić information content (AvgIpc) is 2.70. The fraction of sp³-hybridized carbons (Fsp3) is 0.500. The van der Waals surface area contributed by atoms with E-state index in [1.807, 2.05) is 30.3 Å². The van der Waals surface area contributed by atoms with Gasteiger partial charge in [0, 0.05) is 6.54 Å². The molecule has 0 bridgehead atoms. The third kappa shape index (κ3) is 3.22. The molecule has 0 aliphatic heterocycles. The molecule has 122 valence electrons. The maximum Gasteiger partial charge on any atom is 0.166 e. The van der Waals surface area contributed by atoms with Gasteiger partial charge >= 0.3 is 0 Å². The minimum atomic E-state index is -2.09. The summed E-state index contributed by atoms with van der Waals surface area (Å²) in [7, 11) is 0. The molecule has 8 heteroatoms. The fourth-order valence-electron chi connectivity index (χ4n) is 2.53. The predicted molar refractivity (Wildman–Crippen MR) is 82.9 cm³/mol. The number of hydrogen-bond acceptors (Lipinski definition) is 6. The molecular weight excluding hydrogens is 308 g/mol. The van der Waals surface area contributed by atoms with Crippen LogP contribution in [0.4, 0.5) is 0 Å². The number of aliphatic hydroxyl groups excluding tert-OH is 4. The Bertz CT molecular complexity index is 517. The van der Waals surface area contributed by atoms with Crippen LogP contribution in [-0.4, -0.2) is 67.2 Å². The minimum Gasteiger partial charge on any atom is -0.393 e. The minimum absolute atomic E-state index is 0.126. The van der Waals surface area contributed by atoms with Gasteiger partial charge in [0.05, 0.1) is 12.6 Å². The first-order valence-corrected chi connectivity index (χ1v) is 7.26. The largest absolute Gasteiger partial charge is 0.393 e. The zero-order valence-electron chi connectivity index (χ0n) is 11.8. The Morgan fingerprint density at radius 1 is 1.14 bits per heavy atom. The normalized spacial score (nSPS) is 34.4. The molecule has 0 aromatic heterocycles. The van der Waals surface area contributed by atoms with Gasteiger partial charge in [0.15, 0.2) is 5.11 Å². The van der Waals surface area contributed by atoms with Gasteiger partial charge in [0.25, 0.3) is 0 Å². The van der Waals surface area contributed by atoms with Crippen LogP contribution in [-0.2, 0) is 6.54 Å². The van der Waals surface area contributed by atoms with E-state index in [0.717, 1.165) is 5.56 Å². The van der Waals surface area contributed by atoms with Gasteiger partial charge in [0.2, 0.25) is 0 Å². The fourth-order valence-corrected chi connectivity index (χ4v) is 2.73. The average molecular weight is 328 g/mol. The molecule has 7 nitrogen and oxygen atoms in total. The van der Waals surface area contributed by atoms with Gasteiger partial charge in [-0.25, -0.2) is 0 Å². The maximum absolute atomic E-state index is 10.2. The molecule has 0 heterocycles. The summed E-state index contributed by atoms with van der Waals surface area (Å²) in [5.41, 5.74) is -1.10. The van der Waals surface area contributed by atoms with E-state index in [4.69, 9.17) is 12.2 Å². The molecule has 0 amide bonds. The molecule has 1 fully saturated rings. The van der Waals surface area contributed by atoms with Crippen molar-refractivity contribution in [2.45, 2.75) is 36.5 Å². The lowest BCUT2D eigenvalue weighted by Gasteiger charge is -2.32. The monoisotopic (exact) mass is 328 g/mol. The van der Waals surface area contributed by atoms with Crippen LogP contribution in [0.2, 0.25) is 0 Å². The second-order valence-electron chi connectivity index (χ2n) is 5.37. The van der Waals surface area contributed by atoms with Crippen molar-refractivity contribution in [3.63, 3.8) is 0 Å². The first kappa shape index (κ1) is 17.1. The Kier molecular flexibility index (Phi) is 5.32. The maximum atomic E-state index is 10.2. The van der Waals surface area contributed by atoms with Gasteiger partial charge in [-0.2, -0.15) is 0 Å². The van der Waals surface area contributed by atoms with Crippen LogP contribution < -0.4 is 10.6 Å². The number of rotatable bonds is 4. The summed E-state index contributed by atoms with van der Waals surface area (Å²) < 4.78 is 0. The van der Waals surface area contributed by atoms with Crippen molar-refractivity contribution in [3.05, 3.63) is 35.9 Å². The van der Waals surface area contributed by atoms with Gasteiger partial charge in [-0.15, -0.1) is 0 Å². The topological polar surface area (TPSA) is 125 Å². The smallest absolute Gasteiger partial charge is 0.166 e. The highest BCUT2D eigenvalue weighted by Gasteiger charge is 2.59. The summed E-state index contributed by atoms with van der Waals surface area (Å²) in [4.78, 5) is 0. The van der Waals surface area contributed by atoms with Crippen LogP contribution in [0.1, 0.15) is 5.56 Å². The van der Waals surface area contributed by atoms with E-state index in [1.165, 1.54) is 0 Å². The quantitative estimate of drug-likeness (QED) is 0.312. The summed E-state index contributed by atoms with van der Waals surface area (Å²) in [5.74, 6) is 0. The first-order valence-electron chi connectivity index (χ1n) is 6.86. The number of hydrogen-bond donors (Lipinski definition) is 7. The van der Waals surface area contributed by atoms with Crippen molar-refractivity contribution in [2.75, 3.05) is 6.61 Å². The van der Waals surface area contributed by atoms with Crippen LogP contribution in [0, 0.1) is 0 Å². The van der Waals surface area contributed by atoms with Gasteiger partial charge in [-0.3, -0.25) is 0 Å². The molecule has 0 radical (unpaired) electrons. The summed E-state index contributed by atoms with van der Waals surface area (Å²) in [5, 5.41) is 54.5. The van der Waals surface area contributed by atoms with Crippen LogP contribution in [0.25, 0.3) is 0 Å². The Labute approximate surface area is 133 Å². The Hall–Kier alpha value is -1.29. The predicted octanol–water partition coefficient (Wildman–Crippen LogP) is -2.16. The highest BCUT2D eigenvalue weighted by molar-refractivity contribution is 7.80. The van der Waals surface area contributed by atoms with Gasteiger partial charge < -0.3 is 36.2 Å². The Balaban J connectivity index is 1.98. The molecule has 1 aromatic carbocycles. The lowest BCUT2D eigenvalue weighted by atomic mass is 9.96. The number of aliphatic hydroxyl groups is 5. The van der Waals surface area contributed by atoms with Crippen molar-refractivity contribution in [3.8, 4) is 0 Å². The van der Waals surface area contributed by atoms with E-state index in [0.29, 0.717) is 6.54 Å². The Morgan fingerprint density at radius 2 is 1.77 bits per heavy atom. The summed E-state index contributed by atoms with van der Waals surface area (Å²) >= 11 is 5.08. The van der Waals surface area contributed by atoms with E-state index in [2.05, 4.69) is 10.6 Å². The first-order chi connectivity index (χ1) is 10.4. The third-order valence-electron chi connectivity index (χ3n) is 3.90. The molecule has 2 rings (SSSR count). The zero-order chi connectivity index (χ0) is 16.3. The van der Waals surface area contributed by atoms with E-state index in [1.54, 1.807) is 0 Å². The third-order valence-corrected chi connectivity index (χ3v) is 4.16. The van der Waals surface area contributed by atoms with Crippen LogP contribution in [0.15, 0.2) is 30.3 Å². The SMILES string of the molecule is OC[C@]1(O)[C@H](NC(=S)NCc2ccccc2)[C@H](O)[C@@H](O)[C@@H]1O. The number of benzene rings is 1. The van der Waals surface area contributed by atoms with Crippen molar-refractivity contribution < 1.29 is 25.5 Å². The Morgan fingerprint density at radius 3 is 2.36 bits per heavy atom. The van der Waals surface area contributed by atoms with Gasteiger partial charge in [-0.1, -0.05) is 30.3 Å². The summed E-state index contributed by atoms with van der Waals surface area (Å²) in [6.45, 7) is -0.403. The number of nitrogens with one attached hydrogen (secondary N) is 2. The standard InChI is InChI=1S/C14H20N2O5S/c17-7-14(21)11(9(18)10(19)12(14)20)16-13(22)15-6-8-4-2-1-3-5-8/h1-5,9-12,17-21H,6-7H2,(H2,15,16,22)/t9-,10-,11-,12+,14+/m1/s1. The highest BCUT2D eigenvalue weighted by Crippen LogP contribution is 2.31. The summed E-state index contributed by atoms with van der Waals surface area (Å²) in [6, 6.07) is 8.25. The highest BCUT2D eigenvalue weighted by atomic mass is 32.1. The van der Waals surface area contributed by atoms with Crippen molar-refractivity contribution >= 4 is 17.3 Å². The van der Waals surface area contributed by atoms with Gasteiger partial charge in [0.1, 0.15) is 23.9 Å².